The first-order chi connectivity index (χ1) is 29.3. The molecule has 0 amide bonds. The van der Waals surface area contributed by atoms with E-state index in [4.69, 9.17) is 4.42 Å². The number of nitrogens with zero attached hydrogens (tertiary/aromatic N) is 1. The third-order valence-electron chi connectivity index (χ3n) is 14.4. The minimum Gasteiger partial charge on any atom is -0.456 e. The molecule has 1 N–H and O–H groups in total. The van der Waals surface area contributed by atoms with Crippen LogP contribution in [0.2, 0.25) is 0 Å². The number of furan rings is 1. The average Bonchev–Trinajstić information content (AvgIpc) is 3.82. The zero-order valence-corrected chi connectivity index (χ0v) is 38.5. The van der Waals surface area contributed by atoms with Gasteiger partial charge in [-0.25, -0.2) is 0 Å². The number of nitrogens with one attached hydrogen (secondary N) is 1. The van der Waals surface area contributed by atoms with E-state index >= 15 is 0 Å². The standard InChI is InChI=1S/C58H57BN2O/c1-32-25-42(40-28-39-37-23-19-34(56(5,6)7)26-44(37)58(11,12)45(39)30-47(40)60-36-21-17-33(18-22-36)55(2,3)4)53-54-52(32)43-29-41-38-15-13-14-16-50(38)62-51(41)31-49(43)61(54)48-24-20-35(57(8,9)10)27-46(48)59-53/h13-31,59-60H,1-12H3. The number of para-hydroxylation sites is 1. The van der Waals surface area contributed by atoms with Crippen LogP contribution in [0.3, 0.4) is 0 Å². The van der Waals surface area contributed by atoms with Gasteiger partial charge in [0.15, 0.2) is 7.28 Å². The highest BCUT2D eigenvalue weighted by Crippen LogP contribution is 2.53. The lowest BCUT2D eigenvalue weighted by atomic mass is 9.58. The Kier molecular flexibility index (Phi) is 8.02. The van der Waals surface area contributed by atoms with Gasteiger partial charge in [0, 0.05) is 61.2 Å². The van der Waals surface area contributed by atoms with Gasteiger partial charge in [-0.05, 0) is 121 Å². The first-order valence-corrected chi connectivity index (χ1v) is 22.5. The highest BCUT2D eigenvalue weighted by molar-refractivity contribution is 6.73. The molecule has 2 aliphatic rings. The smallest absolute Gasteiger partial charge is 0.198 e. The van der Waals surface area contributed by atoms with E-state index < -0.39 is 0 Å². The lowest BCUT2D eigenvalue weighted by Gasteiger charge is -2.28. The molecule has 0 saturated carbocycles. The molecule has 2 aromatic heterocycles. The first-order valence-electron chi connectivity index (χ1n) is 22.5. The van der Waals surface area contributed by atoms with Gasteiger partial charge in [0.2, 0.25) is 0 Å². The topological polar surface area (TPSA) is 30.1 Å². The van der Waals surface area contributed by atoms with Crippen molar-refractivity contribution >= 4 is 73.3 Å². The molecule has 0 radical (unpaired) electrons. The fraction of sp³-hybridized carbons (Fsp3) is 0.276. The lowest BCUT2D eigenvalue weighted by molar-refractivity contribution is 0.584. The van der Waals surface area contributed by atoms with Crippen molar-refractivity contribution in [2.75, 3.05) is 5.32 Å². The van der Waals surface area contributed by atoms with E-state index in [1.807, 2.05) is 0 Å². The van der Waals surface area contributed by atoms with E-state index in [0.29, 0.717) is 0 Å². The molecule has 0 atom stereocenters. The van der Waals surface area contributed by atoms with Crippen molar-refractivity contribution < 1.29 is 4.42 Å². The summed E-state index contributed by atoms with van der Waals surface area (Å²) in [6.45, 7) is 27.9. The number of fused-ring (bicyclic) bond motifs is 11. The zero-order chi connectivity index (χ0) is 43.4. The molecule has 7 aromatic carbocycles. The Labute approximate surface area is 367 Å². The summed E-state index contributed by atoms with van der Waals surface area (Å²) in [5.74, 6) is 0. The molecule has 3 heterocycles. The summed E-state index contributed by atoms with van der Waals surface area (Å²) >= 11 is 0. The minimum atomic E-state index is -0.166. The minimum absolute atomic E-state index is 0.0204. The molecule has 9 aromatic rings. The van der Waals surface area contributed by atoms with Crippen LogP contribution in [0.5, 0.6) is 0 Å². The number of hydrogen-bond donors (Lipinski definition) is 1. The van der Waals surface area contributed by atoms with Crippen molar-refractivity contribution in [3.8, 4) is 27.9 Å². The fourth-order valence-corrected chi connectivity index (χ4v) is 10.7. The fourth-order valence-electron chi connectivity index (χ4n) is 10.7. The summed E-state index contributed by atoms with van der Waals surface area (Å²) in [5.41, 5.74) is 23.9. The second kappa shape index (κ2) is 12.8. The van der Waals surface area contributed by atoms with Gasteiger partial charge in [-0.2, -0.15) is 0 Å². The maximum atomic E-state index is 6.57. The maximum absolute atomic E-state index is 6.57. The van der Waals surface area contributed by atoms with Gasteiger partial charge in [-0.3, -0.25) is 0 Å². The molecule has 0 saturated heterocycles. The number of rotatable bonds is 3. The van der Waals surface area contributed by atoms with Gasteiger partial charge >= 0.3 is 0 Å². The normalized spacial score (nSPS) is 14.4. The molecule has 308 valence electrons. The third-order valence-corrected chi connectivity index (χ3v) is 14.4. The Balaban J connectivity index is 1.22. The molecule has 1 aliphatic carbocycles. The number of aryl methyl sites for hydroxylation is 1. The van der Waals surface area contributed by atoms with Crippen molar-refractivity contribution in [1.82, 2.24) is 4.57 Å². The van der Waals surface area contributed by atoms with Crippen LogP contribution in [-0.4, -0.2) is 11.8 Å². The summed E-state index contributed by atoms with van der Waals surface area (Å²) in [4.78, 5) is 0. The van der Waals surface area contributed by atoms with Crippen LogP contribution in [0.4, 0.5) is 11.4 Å². The third kappa shape index (κ3) is 5.71. The summed E-state index contributed by atoms with van der Waals surface area (Å²) in [7, 11) is 0.842. The van der Waals surface area contributed by atoms with Gasteiger partial charge in [-0.1, -0.05) is 148 Å². The Morgan fingerprint density at radius 1 is 0.565 bits per heavy atom. The zero-order valence-electron chi connectivity index (χ0n) is 38.5. The molecule has 0 fully saturated rings. The molecular weight excluding hydrogens is 751 g/mol. The van der Waals surface area contributed by atoms with E-state index in [2.05, 4.69) is 208 Å². The Bertz CT molecular complexity index is 3370. The van der Waals surface area contributed by atoms with Crippen molar-refractivity contribution in [2.45, 2.75) is 105 Å². The average molecular weight is 809 g/mol. The van der Waals surface area contributed by atoms with E-state index in [0.717, 1.165) is 35.2 Å². The SMILES string of the molecule is Cc1cc(-c2cc3c(cc2Nc2ccc(C(C)(C)C)cc2)C(C)(C)c2cc(C(C)(C)C)ccc2-3)c2c3c1c1cc4c(cc1n3-c1ccc(C(C)(C)C)cc1B2)oc1ccccc14. The van der Waals surface area contributed by atoms with Crippen LogP contribution in [-0.2, 0) is 21.7 Å². The summed E-state index contributed by atoms with van der Waals surface area (Å²) < 4.78 is 9.13. The number of aromatic nitrogens is 1. The van der Waals surface area contributed by atoms with Crippen LogP contribution >= 0.6 is 0 Å². The van der Waals surface area contributed by atoms with E-state index in [1.54, 1.807) is 0 Å². The van der Waals surface area contributed by atoms with Gasteiger partial charge < -0.3 is 14.3 Å². The van der Waals surface area contributed by atoms with Gasteiger partial charge in [0.05, 0.1) is 5.52 Å². The summed E-state index contributed by atoms with van der Waals surface area (Å²) in [5, 5.41) is 8.94. The largest absolute Gasteiger partial charge is 0.456 e. The van der Waals surface area contributed by atoms with Gasteiger partial charge in [0.1, 0.15) is 11.2 Å². The number of hydrogen-bond acceptors (Lipinski definition) is 2. The van der Waals surface area contributed by atoms with Crippen LogP contribution in [0, 0.1) is 6.92 Å². The first kappa shape index (κ1) is 38.9. The Hall–Kier alpha value is -6.00. The Morgan fingerprint density at radius 3 is 1.95 bits per heavy atom. The molecule has 4 heteroatoms. The highest BCUT2D eigenvalue weighted by Gasteiger charge is 2.38. The van der Waals surface area contributed by atoms with Crippen LogP contribution in [0.1, 0.15) is 110 Å². The molecular formula is C58H57BN2O. The van der Waals surface area contributed by atoms with Crippen molar-refractivity contribution in [1.29, 1.82) is 0 Å². The van der Waals surface area contributed by atoms with Crippen molar-refractivity contribution in [3.63, 3.8) is 0 Å². The maximum Gasteiger partial charge on any atom is 0.198 e. The van der Waals surface area contributed by atoms with Crippen LogP contribution < -0.4 is 16.2 Å². The molecule has 1 aliphatic heterocycles. The number of anilines is 2. The van der Waals surface area contributed by atoms with Crippen LogP contribution in [0.25, 0.3) is 71.7 Å². The van der Waals surface area contributed by atoms with E-state index in [1.165, 1.54) is 99.4 Å². The van der Waals surface area contributed by atoms with Crippen molar-refractivity contribution in [3.05, 3.63) is 149 Å². The molecule has 0 unspecified atom stereocenters. The second-order valence-electron chi connectivity index (χ2n) is 22.0. The molecule has 0 spiro atoms. The Morgan fingerprint density at radius 2 is 1.23 bits per heavy atom. The summed E-state index contributed by atoms with van der Waals surface area (Å²) in [6.07, 6.45) is 0. The van der Waals surface area contributed by atoms with E-state index in [9.17, 15) is 0 Å². The quantitative estimate of drug-likeness (QED) is 0.180. The molecule has 62 heavy (non-hydrogen) atoms. The molecule has 0 bridgehead atoms. The predicted molar refractivity (Wildman–Crippen MR) is 268 cm³/mol. The predicted octanol–water partition coefficient (Wildman–Crippen LogP) is 14.3. The van der Waals surface area contributed by atoms with Crippen LogP contribution in [0.15, 0.2) is 120 Å². The lowest BCUT2D eigenvalue weighted by Crippen LogP contribution is -2.38. The summed E-state index contributed by atoms with van der Waals surface area (Å²) in [6, 6.07) is 44.1. The van der Waals surface area contributed by atoms with Crippen molar-refractivity contribution in [2.24, 2.45) is 0 Å². The number of benzene rings is 7. The highest BCUT2D eigenvalue weighted by atomic mass is 16.3. The second-order valence-corrected chi connectivity index (χ2v) is 22.0. The monoisotopic (exact) mass is 808 g/mol. The van der Waals surface area contributed by atoms with E-state index in [-0.39, 0.29) is 21.7 Å². The van der Waals surface area contributed by atoms with Gasteiger partial charge in [-0.15, -0.1) is 0 Å². The molecule has 3 nitrogen and oxygen atoms in total. The molecule has 11 rings (SSSR count). The van der Waals surface area contributed by atoms with Gasteiger partial charge in [0.25, 0.3) is 0 Å².